The molecule has 0 bridgehead atoms. The van der Waals surface area contributed by atoms with Crippen LogP contribution in [0, 0.1) is 6.92 Å². The first-order valence-corrected chi connectivity index (χ1v) is 8.40. The van der Waals surface area contributed by atoms with E-state index in [-0.39, 0.29) is 12.1 Å². The Kier molecular flexibility index (Phi) is 5.32. The molecular formula is C16H24BrN3O2. The average Bonchev–Trinajstić information content (AvgIpc) is 2.78. The molecule has 0 spiro atoms. The van der Waals surface area contributed by atoms with Gasteiger partial charge in [-0.25, -0.2) is 9.78 Å². The molecule has 1 amide bonds. The SMILES string of the molecule is Cc1cc(NC2CCC(NC(=O)OC(C)(C)C)C2)cnc1Br. The predicted octanol–water partition coefficient (Wildman–Crippen LogP) is 4.01. The molecular weight excluding hydrogens is 346 g/mol. The summed E-state index contributed by atoms with van der Waals surface area (Å²) >= 11 is 3.40. The van der Waals surface area contributed by atoms with Crippen LogP contribution >= 0.6 is 15.9 Å². The van der Waals surface area contributed by atoms with Gasteiger partial charge in [-0.2, -0.15) is 0 Å². The van der Waals surface area contributed by atoms with Gasteiger partial charge in [0.15, 0.2) is 0 Å². The third kappa shape index (κ3) is 5.16. The Morgan fingerprint density at radius 2 is 2.05 bits per heavy atom. The molecule has 1 fully saturated rings. The number of aryl methyl sites for hydroxylation is 1. The lowest BCUT2D eigenvalue weighted by Gasteiger charge is -2.22. The molecule has 1 aliphatic rings. The van der Waals surface area contributed by atoms with Crippen molar-refractivity contribution >= 4 is 27.7 Å². The van der Waals surface area contributed by atoms with Crippen LogP contribution in [-0.2, 0) is 4.74 Å². The molecule has 1 aromatic heterocycles. The molecule has 2 atom stereocenters. The summed E-state index contributed by atoms with van der Waals surface area (Å²) in [5, 5.41) is 6.43. The Morgan fingerprint density at radius 1 is 1.36 bits per heavy atom. The van der Waals surface area contributed by atoms with Gasteiger partial charge in [-0.3, -0.25) is 0 Å². The van der Waals surface area contributed by atoms with E-state index in [1.54, 1.807) is 0 Å². The Labute approximate surface area is 140 Å². The van der Waals surface area contributed by atoms with Crippen molar-refractivity contribution in [1.29, 1.82) is 0 Å². The maximum absolute atomic E-state index is 11.8. The van der Waals surface area contributed by atoms with Crippen LogP contribution in [0.1, 0.15) is 45.6 Å². The largest absolute Gasteiger partial charge is 0.444 e. The highest BCUT2D eigenvalue weighted by atomic mass is 79.9. The molecule has 22 heavy (non-hydrogen) atoms. The minimum Gasteiger partial charge on any atom is -0.444 e. The minimum atomic E-state index is -0.457. The number of anilines is 1. The average molecular weight is 370 g/mol. The minimum absolute atomic E-state index is 0.164. The van der Waals surface area contributed by atoms with Crippen molar-refractivity contribution in [2.24, 2.45) is 0 Å². The number of ether oxygens (including phenoxy) is 1. The fraction of sp³-hybridized carbons (Fsp3) is 0.625. The highest BCUT2D eigenvalue weighted by molar-refractivity contribution is 9.10. The van der Waals surface area contributed by atoms with Crippen molar-refractivity contribution in [1.82, 2.24) is 10.3 Å². The fourth-order valence-corrected chi connectivity index (χ4v) is 2.81. The van der Waals surface area contributed by atoms with Gasteiger partial charge in [-0.05, 0) is 74.5 Å². The molecule has 2 rings (SSSR count). The van der Waals surface area contributed by atoms with Gasteiger partial charge in [0.05, 0.1) is 11.9 Å². The summed E-state index contributed by atoms with van der Waals surface area (Å²) in [4.78, 5) is 16.1. The Morgan fingerprint density at radius 3 is 2.68 bits per heavy atom. The first-order valence-electron chi connectivity index (χ1n) is 7.61. The van der Waals surface area contributed by atoms with Gasteiger partial charge in [0.25, 0.3) is 0 Å². The monoisotopic (exact) mass is 369 g/mol. The van der Waals surface area contributed by atoms with Gasteiger partial charge in [0.1, 0.15) is 10.2 Å². The number of hydrogen-bond acceptors (Lipinski definition) is 4. The normalized spacial score (nSPS) is 21.5. The molecule has 1 aliphatic carbocycles. The fourth-order valence-electron chi connectivity index (χ4n) is 2.59. The topological polar surface area (TPSA) is 63.2 Å². The molecule has 122 valence electrons. The molecule has 1 aromatic rings. The van der Waals surface area contributed by atoms with E-state index in [4.69, 9.17) is 4.74 Å². The maximum Gasteiger partial charge on any atom is 0.407 e. The summed E-state index contributed by atoms with van der Waals surface area (Å²) in [6.07, 6.45) is 4.37. The zero-order chi connectivity index (χ0) is 16.3. The van der Waals surface area contributed by atoms with Crippen LogP contribution < -0.4 is 10.6 Å². The Bertz CT molecular complexity index is 543. The highest BCUT2D eigenvalue weighted by Crippen LogP contribution is 2.25. The van der Waals surface area contributed by atoms with E-state index >= 15 is 0 Å². The second-order valence-corrected chi connectivity index (χ2v) is 7.58. The summed E-state index contributed by atoms with van der Waals surface area (Å²) in [7, 11) is 0. The lowest BCUT2D eigenvalue weighted by molar-refractivity contribution is 0.0505. The van der Waals surface area contributed by atoms with Crippen LogP contribution in [0.5, 0.6) is 0 Å². The molecule has 2 unspecified atom stereocenters. The van der Waals surface area contributed by atoms with E-state index < -0.39 is 5.60 Å². The molecule has 0 saturated heterocycles. The van der Waals surface area contributed by atoms with Crippen molar-refractivity contribution in [3.8, 4) is 0 Å². The van der Waals surface area contributed by atoms with Crippen molar-refractivity contribution in [2.75, 3.05) is 5.32 Å². The second kappa shape index (κ2) is 6.86. The van der Waals surface area contributed by atoms with Gasteiger partial charge < -0.3 is 15.4 Å². The summed E-state index contributed by atoms with van der Waals surface area (Å²) in [6.45, 7) is 7.63. The molecule has 2 N–H and O–H groups in total. The Hall–Kier alpha value is -1.30. The number of hydrogen-bond donors (Lipinski definition) is 2. The molecule has 6 heteroatoms. The van der Waals surface area contributed by atoms with Crippen molar-refractivity contribution in [3.05, 3.63) is 22.4 Å². The van der Waals surface area contributed by atoms with Crippen LogP contribution in [0.2, 0.25) is 0 Å². The van der Waals surface area contributed by atoms with E-state index in [9.17, 15) is 4.79 Å². The smallest absolute Gasteiger partial charge is 0.407 e. The number of nitrogens with zero attached hydrogens (tertiary/aromatic N) is 1. The number of halogens is 1. The maximum atomic E-state index is 11.8. The number of nitrogens with one attached hydrogen (secondary N) is 2. The van der Waals surface area contributed by atoms with E-state index in [1.165, 1.54) is 0 Å². The number of pyridine rings is 1. The number of carbonyl (C=O) groups is 1. The predicted molar refractivity (Wildman–Crippen MR) is 91.1 cm³/mol. The molecule has 5 nitrogen and oxygen atoms in total. The zero-order valence-electron chi connectivity index (χ0n) is 13.6. The number of aromatic nitrogens is 1. The van der Waals surface area contributed by atoms with Gasteiger partial charge in [-0.15, -0.1) is 0 Å². The second-order valence-electron chi connectivity index (χ2n) is 6.83. The quantitative estimate of drug-likeness (QED) is 0.790. The first-order chi connectivity index (χ1) is 10.2. The van der Waals surface area contributed by atoms with Gasteiger partial charge >= 0.3 is 6.09 Å². The van der Waals surface area contributed by atoms with Gasteiger partial charge in [0, 0.05) is 12.1 Å². The Balaban J connectivity index is 1.82. The number of carbonyl (C=O) groups excluding carboxylic acids is 1. The molecule has 0 radical (unpaired) electrons. The van der Waals surface area contributed by atoms with E-state index in [1.807, 2.05) is 33.9 Å². The van der Waals surface area contributed by atoms with Crippen molar-refractivity contribution < 1.29 is 9.53 Å². The van der Waals surface area contributed by atoms with Crippen LogP contribution in [0.3, 0.4) is 0 Å². The van der Waals surface area contributed by atoms with Crippen LogP contribution in [0.15, 0.2) is 16.9 Å². The van der Waals surface area contributed by atoms with Gasteiger partial charge in [-0.1, -0.05) is 0 Å². The number of amides is 1. The van der Waals surface area contributed by atoms with Crippen molar-refractivity contribution in [3.63, 3.8) is 0 Å². The summed E-state index contributed by atoms with van der Waals surface area (Å²) in [5.74, 6) is 0. The standard InChI is InChI=1S/C16H24BrN3O2/c1-10-7-13(9-18-14(10)17)19-11-5-6-12(8-11)20-15(21)22-16(2,3)4/h7,9,11-12,19H,5-6,8H2,1-4H3,(H,20,21). The lowest BCUT2D eigenvalue weighted by atomic mass is 10.2. The molecule has 1 heterocycles. The highest BCUT2D eigenvalue weighted by Gasteiger charge is 2.27. The third-order valence-electron chi connectivity index (χ3n) is 3.54. The number of rotatable bonds is 3. The lowest BCUT2D eigenvalue weighted by Crippen LogP contribution is -2.38. The molecule has 0 aromatic carbocycles. The van der Waals surface area contributed by atoms with E-state index in [0.29, 0.717) is 6.04 Å². The van der Waals surface area contributed by atoms with Crippen LogP contribution in [0.4, 0.5) is 10.5 Å². The summed E-state index contributed by atoms with van der Waals surface area (Å²) < 4.78 is 6.17. The molecule has 0 aliphatic heterocycles. The summed E-state index contributed by atoms with van der Waals surface area (Å²) in [6, 6.07) is 2.59. The van der Waals surface area contributed by atoms with Crippen LogP contribution in [-0.4, -0.2) is 28.8 Å². The third-order valence-corrected chi connectivity index (χ3v) is 4.37. The van der Waals surface area contributed by atoms with E-state index in [0.717, 1.165) is 35.1 Å². The van der Waals surface area contributed by atoms with Gasteiger partial charge in [0.2, 0.25) is 0 Å². The molecule has 1 saturated carbocycles. The number of alkyl carbamates (subject to hydrolysis) is 1. The zero-order valence-corrected chi connectivity index (χ0v) is 15.2. The van der Waals surface area contributed by atoms with Crippen LogP contribution in [0.25, 0.3) is 0 Å². The van der Waals surface area contributed by atoms with Crippen molar-refractivity contribution in [2.45, 2.75) is 64.6 Å². The van der Waals surface area contributed by atoms with E-state index in [2.05, 4.69) is 37.6 Å². The first kappa shape index (κ1) is 17.1. The summed E-state index contributed by atoms with van der Waals surface area (Å²) in [5.41, 5.74) is 1.66.